The van der Waals surface area contributed by atoms with Gasteiger partial charge in [-0.2, -0.15) is 0 Å². The fourth-order valence-electron chi connectivity index (χ4n) is 5.51. The largest absolute Gasteiger partial charge is 0.478 e. The van der Waals surface area contributed by atoms with Gasteiger partial charge in [-0.25, -0.2) is 9.78 Å². The van der Waals surface area contributed by atoms with Gasteiger partial charge in [-0.05, 0) is 57.9 Å². The summed E-state index contributed by atoms with van der Waals surface area (Å²) in [5.74, 6) is 0.0163. The lowest BCUT2D eigenvalue weighted by Crippen LogP contribution is -2.66. The number of carboxylic acids is 1. The van der Waals surface area contributed by atoms with Crippen molar-refractivity contribution in [2.75, 3.05) is 23.3 Å². The molecule has 3 aromatic rings. The fourth-order valence-corrected chi connectivity index (χ4v) is 5.51. The number of para-hydroxylation sites is 1. The lowest BCUT2D eigenvalue weighted by Gasteiger charge is -2.58. The van der Waals surface area contributed by atoms with Crippen LogP contribution in [-0.4, -0.2) is 44.3 Å². The van der Waals surface area contributed by atoms with Crippen molar-refractivity contribution in [3.05, 3.63) is 69.1 Å². The number of aromatic carboxylic acids is 1. The molecule has 0 spiro atoms. The summed E-state index contributed by atoms with van der Waals surface area (Å²) in [6, 6.07) is 8.47. The predicted molar refractivity (Wildman–Crippen MR) is 131 cm³/mol. The normalized spacial score (nSPS) is 24.6. The molecule has 178 valence electrons. The SMILES string of the molecule is Cc1cc([C@@H](C)Nc2ccccc2C(=O)O)c2nc(N3CC4CC(C3)C4(C)O)c(C)c(=O)n2c1. The topological polar surface area (TPSA) is 107 Å². The first kappa shape index (κ1) is 22.4. The molecular formula is C26H30N4O4. The monoisotopic (exact) mass is 462 g/mol. The van der Waals surface area contributed by atoms with E-state index in [2.05, 4.69) is 10.2 Å². The smallest absolute Gasteiger partial charge is 0.337 e. The van der Waals surface area contributed by atoms with E-state index in [1.54, 1.807) is 34.9 Å². The molecule has 2 unspecified atom stereocenters. The van der Waals surface area contributed by atoms with Crippen molar-refractivity contribution in [2.24, 2.45) is 11.8 Å². The summed E-state index contributed by atoms with van der Waals surface area (Å²) in [7, 11) is 0. The van der Waals surface area contributed by atoms with Crippen molar-refractivity contribution in [1.29, 1.82) is 0 Å². The van der Waals surface area contributed by atoms with E-state index in [1.807, 2.05) is 33.8 Å². The van der Waals surface area contributed by atoms with Crippen LogP contribution in [0.5, 0.6) is 0 Å². The number of carbonyl (C=O) groups is 1. The summed E-state index contributed by atoms with van der Waals surface area (Å²) >= 11 is 0. The summed E-state index contributed by atoms with van der Waals surface area (Å²) in [5.41, 5.74) is 2.80. The summed E-state index contributed by atoms with van der Waals surface area (Å²) in [5, 5.41) is 23.5. The molecule has 0 radical (unpaired) electrons. The molecule has 4 heterocycles. The van der Waals surface area contributed by atoms with Gasteiger partial charge in [-0.15, -0.1) is 0 Å². The molecule has 3 N–H and O–H groups in total. The highest BCUT2D eigenvalue weighted by Crippen LogP contribution is 2.49. The number of hydrogen-bond donors (Lipinski definition) is 3. The first-order valence-corrected chi connectivity index (χ1v) is 11.7. The van der Waals surface area contributed by atoms with Gasteiger partial charge in [-0.1, -0.05) is 12.1 Å². The van der Waals surface area contributed by atoms with E-state index in [9.17, 15) is 19.8 Å². The first-order valence-electron chi connectivity index (χ1n) is 11.7. The van der Waals surface area contributed by atoms with Crippen LogP contribution in [0.25, 0.3) is 5.65 Å². The maximum Gasteiger partial charge on any atom is 0.337 e. The molecule has 34 heavy (non-hydrogen) atoms. The van der Waals surface area contributed by atoms with Gasteiger partial charge in [0, 0.05) is 42.4 Å². The standard InChI is InChI=1S/C26H30N4O4/c1-14-9-20(16(3)27-21-8-6-5-7-19(21)25(32)33)23-28-22(15(2)24(31)30(23)11-14)29-12-17-10-18(13-29)26(17,4)34/h5-9,11,16-18,27,34H,10,12-13H2,1-4H3,(H,32,33)/t16-,17?,18?,26?/m1/s1. The van der Waals surface area contributed by atoms with Crippen molar-refractivity contribution in [3.63, 3.8) is 0 Å². The number of nitrogens with one attached hydrogen (secondary N) is 1. The second kappa shape index (κ2) is 7.84. The van der Waals surface area contributed by atoms with Crippen LogP contribution < -0.4 is 15.8 Å². The minimum Gasteiger partial charge on any atom is -0.478 e. The van der Waals surface area contributed by atoms with Crippen LogP contribution in [0.3, 0.4) is 0 Å². The van der Waals surface area contributed by atoms with Gasteiger partial charge in [0.25, 0.3) is 5.56 Å². The Kier molecular flexibility index (Phi) is 5.16. The molecule has 2 aromatic heterocycles. The predicted octanol–water partition coefficient (Wildman–Crippen LogP) is 3.39. The molecule has 8 nitrogen and oxygen atoms in total. The molecule has 0 amide bonds. The Morgan fingerprint density at radius 1 is 1.24 bits per heavy atom. The number of hydrogen-bond acceptors (Lipinski definition) is 6. The number of fused-ring (bicyclic) bond motifs is 3. The molecule has 1 saturated carbocycles. The summed E-state index contributed by atoms with van der Waals surface area (Å²) in [4.78, 5) is 32.2. The third-order valence-electron chi connectivity index (χ3n) is 7.69. The van der Waals surface area contributed by atoms with Gasteiger partial charge < -0.3 is 20.4 Å². The zero-order valence-electron chi connectivity index (χ0n) is 19.9. The van der Waals surface area contributed by atoms with Gasteiger partial charge in [0.2, 0.25) is 0 Å². The highest BCUT2D eigenvalue weighted by Gasteiger charge is 2.55. The Bertz CT molecular complexity index is 1350. The Balaban J connectivity index is 1.58. The summed E-state index contributed by atoms with van der Waals surface area (Å²) < 4.78 is 1.59. The van der Waals surface area contributed by atoms with E-state index in [4.69, 9.17) is 4.98 Å². The van der Waals surface area contributed by atoms with E-state index in [0.717, 1.165) is 17.5 Å². The number of aryl methyl sites for hydroxylation is 1. The molecule has 1 aromatic carbocycles. The van der Waals surface area contributed by atoms with Crippen LogP contribution in [0.15, 0.2) is 41.3 Å². The summed E-state index contributed by atoms with van der Waals surface area (Å²) in [6.07, 6.45) is 2.80. The number of piperidine rings is 2. The highest BCUT2D eigenvalue weighted by atomic mass is 16.4. The third kappa shape index (κ3) is 3.44. The molecule has 2 aliphatic heterocycles. The number of pyridine rings is 1. The van der Waals surface area contributed by atoms with Crippen molar-refractivity contribution in [3.8, 4) is 0 Å². The molecule has 1 aliphatic carbocycles. The minimum absolute atomic E-state index is 0.117. The lowest BCUT2D eigenvalue weighted by molar-refractivity contribution is -0.145. The van der Waals surface area contributed by atoms with Crippen LogP contribution in [0.1, 0.15) is 53.4 Å². The van der Waals surface area contributed by atoms with E-state index in [0.29, 0.717) is 35.8 Å². The van der Waals surface area contributed by atoms with E-state index in [1.165, 1.54) is 0 Å². The quantitative estimate of drug-likeness (QED) is 0.534. The van der Waals surface area contributed by atoms with Gasteiger partial charge in [-0.3, -0.25) is 9.20 Å². The molecule has 3 aliphatic rings. The molecule has 6 rings (SSSR count). The van der Waals surface area contributed by atoms with Gasteiger partial charge >= 0.3 is 5.97 Å². The Labute approximate surface area is 197 Å². The zero-order valence-corrected chi connectivity index (χ0v) is 19.9. The number of carboxylic acid groups (broad SMARTS) is 1. The number of anilines is 2. The number of rotatable bonds is 5. The molecule has 2 saturated heterocycles. The van der Waals surface area contributed by atoms with Crippen LogP contribution in [0, 0.1) is 25.7 Å². The van der Waals surface area contributed by atoms with Gasteiger partial charge in [0.15, 0.2) is 0 Å². The first-order chi connectivity index (χ1) is 16.1. The van der Waals surface area contributed by atoms with Crippen LogP contribution in [-0.2, 0) is 0 Å². The van der Waals surface area contributed by atoms with E-state index < -0.39 is 11.6 Å². The van der Waals surface area contributed by atoms with Crippen molar-refractivity contribution >= 4 is 23.1 Å². The summed E-state index contributed by atoms with van der Waals surface area (Å²) in [6.45, 7) is 8.93. The van der Waals surface area contributed by atoms with Crippen LogP contribution in [0.2, 0.25) is 0 Å². The van der Waals surface area contributed by atoms with E-state index >= 15 is 0 Å². The Hall–Kier alpha value is -3.39. The average Bonchev–Trinajstić information content (AvgIpc) is 2.81. The maximum absolute atomic E-state index is 13.4. The van der Waals surface area contributed by atoms with Gasteiger partial charge in [0.05, 0.1) is 22.8 Å². The molecular weight excluding hydrogens is 432 g/mol. The van der Waals surface area contributed by atoms with Gasteiger partial charge in [0.1, 0.15) is 11.5 Å². The molecule has 3 fully saturated rings. The van der Waals surface area contributed by atoms with Crippen LogP contribution in [0.4, 0.5) is 11.5 Å². The number of aromatic nitrogens is 2. The van der Waals surface area contributed by atoms with Crippen molar-refractivity contribution < 1.29 is 15.0 Å². The van der Waals surface area contributed by atoms with Crippen LogP contribution >= 0.6 is 0 Å². The fraction of sp³-hybridized carbons (Fsp3) is 0.423. The second-order valence-corrected chi connectivity index (χ2v) is 10.0. The minimum atomic E-state index is -1.00. The molecule has 8 heteroatoms. The zero-order chi connectivity index (χ0) is 24.4. The van der Waals surface area contributed by atoms with Crippen molar-refractivity contribution in [2.45, 2.75) is 45.8 Å². The average molecular weight is 463 g/mol. The number of benzene rings is 1. The Morgan fingerprint density at radius 3 is 2.56 bits per heavy atom. The number of nitrogens with zero attached hydrogens (tertiary/aromatic N) is 3. The molecule has 2 bridgehead atoms. The second-order valence-electron chi connectivity index (χ2n) is 10.0. The Morgan fingerprint density at radius 2 is 1.91 bits per heavy atom. The van der Waals surface area contributed by atoms with Crippen molar-refractivity contribution in [1.82, 2.24) is 9.38 Å². The molecule has 3 atom stereocenters. The maximum atomic E-state index is 13.4. The number of aliphatic hydroxyl groups is 1. The van der Waals surface area contributed by atoms with E-state index in [-0.39, 0.29) is 29.0 Å². The third-order valence-corrected chi connectivity index (χ3v) is 7.69. The lowest BCUT2D eigenvalue weighted by atomic mass is 9.59. The highest BCUT2D eigenvalue weighted by molar-refractivity contribution is 5.94.